The van der Waals surface area contributed by atoms with Crippen molar-refractivity contribution in [3.63, 3.8) is 0 Å². The summed E-state index contributed by atoms with van der Waals surface area (Å²) in [7, 11) is 0. The summed E-state index contributed by atoms with van der Waals surface area (Å²) in [5.74, 6) is 0.671. The molecule has 0 aliphatic heterocycles. The van der Waals surface area contributed by atoms with E-state index in [4.69, 9.17) is 23.1 Å². The Morgan fingerprint density at radius 1 is 1.67 bits per heavy atom. The van der Waals surface area contributed by atoms with Crippen LogP contribution in [-0.2, 0) is 0 Å². The molecule has 0 atom stereocenters. The number of hydrogen-bond acceptors (Lipinski definition) is 0. The molecule has 0 aromatic heterocycles. The lowest BCUT2D eigenvalue weighted by atomic mass is 9.77. The number of rotatable bonds is 2. The van der Waals surface area contributed by atoms with Crippen molar-refractivity contribution in [3.8, 4) is 0 Å². The second-order valence-electron chi connectivity index (χ2n) is 1.26. The first-order valence-corrected chi connectivity index (χ1v) is 2.94. The highest BCUT2D eigenvalue weighted by Gasteiger charge is 1.96. The Bertz CT molecular complexity index is 30.0. The molecular weight excluding hydrogens is 118 g/mol. The van der Waals surface area contributed by atoms with Crippen LogP contribution in [0.1, 0.15) is 0 Å². The number of hydrogen-bond donors (Lipinski definition) is 0. The van der Waals surface area contributed by atoms with Crippen molar-refractivity contribution in [1.29, 1.82) is 0 Å². The predicted molar refractivity (Wildman–Crippen MR) is 33.0 cm³/mol. The summed E-state index contributed by atoms with van der Waals surface area (Å²) in [6.07, 6.45) is 1.14. The summed E-state index contributed by atoms with van der Waals surface area (Å²) in [4.78, 5) is 0. The highest BCUT2D eigenvalue weighted by Crippen LogP contribution is 1.96. The first-order chi connectivity index (χ1) is 2.77. The molecule has 6 heavy (non-hydrogen) atoms. The average molecular weight is 125 g/mol. The second kappa shape index (κ2) is 3.82. The van der Waals surface area contributed by atoms with Crippen molar-refractivity contribution in [1.82, 2.24) is 0 Å². The van der Waals surface area contributed by atoms with E-state index < -0.39 is 0 Å². The van der Waals surface area contributed by atoms with E-state index in [1.807, 2.05) is 6.82 Å². The lowest BCUT2D eigenvalue weighted by molar-refractivity contribution is 1.45. The molecule has 0 amide bonds. The topological polar surface area (TPSA) is 0 Å². The van der Waals surface area contributed by atoms with Gasteiger partial charge in [-0.25, -0.2) is 0 Å². The molecule has 0 nitrogen and oxygen atoms in total. The van der Waals surface area contributed by atoms with E-state index in [1.165, 1.54) is 0 Å². The molecule has 0 N–H and O–H groups in total. The van der Waals surface area contributed by atoms with Gasteiger partial charge in [0.1, 0.15) is 0 Å². The summed E-state index contributed by atoms with van der Waals surface area (Å²) in [6.45, 7) is 1.93. The summed E-state index contributed by atoms with van der Waals surface area (Å²) in [5, 5.41) is 0. The van der Waals surface area contributed by atoms with Crippen LogP contribution in [0.3, 0.4) is 0 Å². The lowest BCUT2D eigenvalue weighted by Crippen LogP contribution is -1.93. The normalized spacial score (nSPS) is 8.50. The predicted octanol–water partition coefficient (Wildman–Crippen LogP) is 2.09. The summed E-state index contributed by atoms with van der Waals surface area (Å²) in [6, 6.07) is 0. The molecule has 0 bridgehead atoms. The van der Waals surface area contributed by atoms with Crippen LogP contribution in [0.25, 0.3) is 0 Å². The zero-order chi connectivity index (χ0) is 4.99. The Balaban J connectivity index is 2.63. The van der Waals surface area contributed by atoms with Crippen LogP contribution in [0.2, 0.25) is 13.1 Å². The molecule has 0 radical (unpaired) electrons. The number of halogens is 2. The van der Waals surface area contributed by atoms with Gasteiger partial charge in [0.25, 0.3) is 0 Å². The van der Waals surface area contributed by atoms with Crippen molar-refractivity contribution >= 4 is 29.2 Å². The largest absolute Gasteiger partial charge is 0.248 e. The van der Waals surface area contributed by atoms with Crippen LogP contribution in [0.4, 0.5) is 0 Å². The Labute approximate surface area is 48.8 Å². The Kier molecular flexibility index (Phi) is 4.23. The summed E-state index contributed by atoms with van der Waals surface area (Å²) in [5.41, 5.74) is 0. The molecule has 0 saturated carbocycles. The van der Waals surface area contributed by atoms with E-state index in [2.05, 4.69) is 0 Å². The Morgan fingerprint density at radius 3 is 2.17 bits per heavy atom. The van der Waals surface area contributed by atoms with Crippen molar-refractivity contribution in [2.24, 2.45) is 0 Å². The molecule has 0 unspecified atom stereocenters. The zero-order valence-corrected chi connectivity index (χ0v) is 5.26. The van der Waals surface area contributed by atoms with Gasteiger partial charge in [-0.3, -0.25) is 0 Å². The fraction of sp³-hybridized carbons (Fsp3) is 1.00. The first kappa shape index (κ1) is 6.64. The molecule has 0 saturated heterocycles. The van der Waals surface area contributed by atoms with Crippen molar-refractivity contribution < 1.29 is 0 Å². The molecule has 0 heterocycles. The SMILES string of the molecule is CB(Cl)CCCl. The van der Waals surface area contributed by atoms with E-state index in [9.17, 15) is 0 Å². The molecule has 0 aliphatic rings. The monoisotopic (exact) mass is 124 g/mol. The second-order valence-corrected chi connectivity index (χ2v) is 2.38. The standard InChI is InChI=1S/C3H7BCl2/c1-4(6)2-3-5/h2-3H2,1H3. The van der Waals surface area contributed by atoms with Crippen LogP contribution < -0.4 is 0 Å². The first-order valence-electron chi connectivity index (χ1n) is 1.97. The highest BCUT2D eigenvalue weighted by molar-refractivity contribution is 7.06. The van der Waals surface area contributed by atoms with Gasteiger partial charge in [0.2, 0.25) is 6.13 Å². The minimum Gasteiger partial charge on any atom is -0.196 e. The van der Waals surface area contributed by atoms with Gasteiger partial charge in [0.05, 0.1) is 0 Å². The number of alkyl halides is 1. The van der Waals surface area contributed by atoms with Gasteiger partial charge in [0.15, 0.2) is 0 Å². The molecular formula is C3H7BCl2. The van der Waals surface area contributed by atoms with Gasteiger partial charge < -0.3 is 0 Å². The van der Waals surface area contributed by atoms with Gasteiger partial charge in [-0.15, -0.1) is 11.6 Å². The Hall–Kier alpha value is 0.645. The molecule has 0 aliphatic carbocycles. The smallest absolute Gasteiger partial charge is 0.196 e. The quantitative estimate of drug-likeness (QED) is 0.391. The van der Waals surface area contributed by atoms with Crippen molar-refractivity contribution in [3.05, 3.63) is 0 Å². The maximum absolute atomic E-state index is 5.49. The fourth-order valence-corrected chi connectivity index (χ4v) is 0.698. The lowest BCUT2D eigenvalue weighted by Gasteiger charge is -1.86. The molecule has 0 rings (SSSR count). The molecule has 36 valence electrons. The van der Waals surface area contributed by atoms with E-state index in [0.717, 1.165) is 6.32 Å². The van der Waals surface area contributed by atoms with Crippen molar-refractivity contribution in [2.45, 2.75) is 13.1 Å². The summed E-state index contributed by atoms with van der Waals surface area (Å²) >= 11 is 10.8. The minimum absolute atomic E-state index is 0.238. The van der Waals surface area contributed by atoms with Gasteiger partial charge in [-0.1, -0.05) is 6.82 Å². The minimum atomic E-state index is 0.238. The third-order valence-corrected chi connectivity index (χ3v) is 0.943. The average Bonchev–Trinajstić information content (AvgIpc) is 1.35. The molecule has 3 heteroatoms. The maximum Gasteiger partial charge on any atom is 0.248 e. The van der Waals surface area contributed by atoms with Crippen LogP contribution >= 0.6 is 23.1 Å². The Morgan fingerprint density at radius 2 is 2.17 bits per heavy atom. The maximum atomic E-state index is 5.49. The molecule has 0 aromatic rings. The highest BCUT2D eigenvalue weighted by atomic mass is 35.5. The van der Waals surface area contributed by atoms with Crippen LogP contribution in [-0.4, -0.2) is 12.0 Å². The van der Waals surface area contributed by atoms with Gasteiger partial charge in [-0.05, 0) is 6.32 Å². The van der Waals surface area contributed by atoms with E-state index in [0.29, 0.717) is 5.88 Å². The zero-order valence-electron chi connectivity index (χ0n) is 3.75. The van der Waals surface area contributed by atoms with Crippen LogP contribution in [0.15, 0.2) is 0 Å². The van der Waals surface area contributed by atoms with E-state index >= 15 is 0 Å². The van der Waals surface area contributed by atoms with Gasteiger partial charge >= 0.3 is 0 Å². The van der Waals surface area contributed by atoms with Crippen molar-refractivity contribution in [2.75, 3.05) is 5.88 Å². The molecule has 0 fully saturated rings. The molecule has 0 aromatic carbocycles. The van der Waals surface area contributed by atoms with Crippen LogP contribution in [0, 0.1) is 0 Å². The third-order valence-electron chi connectivity index (χ3n) is 0.507. The van der Waals surface area contributed by atoms with Gasteiger partial charge in [-0.2, -0.15) is 11.5 Å². The third kappa shape index (κ3) is 4.64. The summed E-state index contributed by atoms with van der Waals surface area (Å²) < 4.78 is 0. The van der Waals surface area contributed by atoms with E-state index in [-0.39, 0.29) is 6.13 Å². The van der Waals surface area contributed by atoms with E-state index in [1.54, 1.807) is 0 Å². The fourth-order valence-electron chi connectivity index (χ4n) is 0.150. The molecule has 0 spiro atoms. The van der Waals surface area contributed by atoms with Crippen LogP contribution in [0.5, 0.6) is 0 Å². The van der Waals surface area contributed by atoms with Gasteiger partial charge in [0, 0.05) is 5.88 Å².